The SMILES string of the molecule is O=C(O)N1CCCC[C@H]1CNc1nc2ncccc2o1. The summed E-state index contributed by atoms with van der Waals surface area (Å²) in [6, 6.07) is 3.92. The fourth-order valence-electron chi connectivity index (χ4n) is 2.51. The minimum Gasteiger partial charge on any atom is -0.465 e. The van der Waals surface area contributed by atoms with E-state index in [1.54, 1.807) is 18.3 Å². The molecule has 0 spiro atoms. The number of fused-ring (bicyclic) bond motifs is 1. The van der Waals surface area contributed by atoms with Gasteiger partial charge >= 0.3 is 6.09 Å². The van der Waals surface area contributed by atoms with Gasteiger partial charge in [-0.15, -0.1) is 0 Å². The smallest absolute Gasteiger partial charge is 0.407 e. The van der Waals surface area contributed by atoms with E-state index in [4.69, 9.17) is 9.52 Å². The van der Waals surface area contributed by atoms with Crippen molar-refractivity contribution < 1.29 is 14.3 Å². The van der Waals surface area contributed by atoms with Gasteiger partial charge in [0.1, 0.15) is 0 Å². The van der Waals surface area contributed by atoms with Crippen LogP contribution in [0, 0.1) is 0 Å². The van der Waals surface area contributed by atoms with Crippen molar-refractivity contribution in [2.45, 2.75) is 25.3 Å². The van der Waals surface area contributed by atoms with Crippen molar-refractivity contribution in [2.24, 2.45) is 0 Å². The molecule has 3 rings (SSSR count). The van der Waals surface area contributed by atoms with Gasteiger partial charge in [-0.05, 0) is 31.4 Å². The molecule has 0 aromatic carbocycles. The first-order valence-corrected chi connectivity index (χ1v) is 6.69. The highest BCUT2D eigenvalue weighted by Gasteiger charge is 2.26. The Morgan fingerprint density at radius 2 is 2.45 bits per heavy atom. The van der Waals surface area contributed by atoms with Gasteiger partial charge in [0.15, 0.2) is 5.58 Å². The molecule has 3 heterocycles. The Bertz CT molecular complexity index is 579. The Balaban J connectivity index is 1.67. The number of aromatic nitrogens is 2. The molecule has 0 radical (unpaired) electrons. The van der Waals surface area contributed by atoms with E-state index in [1.165, 1.54) is 4.90 Å². The van der Waals surface area contributed by atoms with Gasteiger partial charge in [0.25, 0.3) is 6.01 Å². The average molecular weight is 276 g/mol. The van der Waals surface area contributed by atoms with E-state index in [9.17, 15) is 4.79 Å². The second-order valence-corrected chi connectivity index (χ2v) is 4.85. The zero-order chi connectivity index (χ0) is 13.9. The lowest BCUT2D eigenvalue weighted by Gasteiger charge is -2.33. The molecule has 20 heavy (non-hydrogen) atoms. The molecular formula is C13H16N4O3. The number of anilines is 1. The van der Waals surface area contributed by atoms with Crippen LogP contribution in [0.5, 0.6) is 0 Å². The topological polar surface area (TPSA) is 91.5 Å². The van der Waals surface area contributed by atoms with Crippen LogP contribution in [0.1, 0.15) is 19.3 Å². The number of oxazole rings is 1. The van der Waals surface area contributed by atoms with Crippen LogP contribution in [0.4, 0.5) is 10.8 Å². The van der Waals surface area contributed by atoms with E-state index < -0.39 is 6.09 Å². The molecule has 106 valence electrons. The van der Waals surface area contributed by atoms with Gasteiger partial charge in [-0.3, -0.25) is 0 Å². The molecule has 7 heteroatoms. The molecule has 1 aliphatic heterocycles. The highest BCUT2D eigenvalue weighted by molar-refractivity contribution is 5.69. The lowest BCUT2D eigenvalue weighted by molar-refractivity contribution is 0.110. The molecule has 1 fully saturated rings. The summed E-state index contributed by atoms with van der Waals surface area (Å²) in [6.45, 7) is 1.09. The third-order valence-electron chi connectivity index (χ3n) is 3.53. The van der Waals surface area contributed by atoms with Crippen molar-refractivity contribution >= 4 is 23.3 Å². The van der Waals surface area contributed by atoms with Crippen LogP contribution >= 0.6 is 0 Å². The maximum Gasteiger partial charge on any atom is 0.407 e. The van der Waals surface area contributed by atoms with Gasteiger partial charge in [-0.1, -0.05) is 0 Å². The predicted octanol–water partition coefficient (Wildman–Crippen LogP) is 2.17. The summed E-state index contributed by atoms with van der Waals surface area (Å²) in [4.78, 5) is 21.0. The predicted molar refractivity (Wildman–Crippen MR) is 72.7 cm³/mol. The first-order valence-electron chi connectivity index (χ1n) is 6.69. The molecule has 2 aromatic heterocycles. The third-order valence-corrected chi connectivity index (χ3v) is 3.53. The summed E-state index contributed by atoms with van der Waals surface area (Å²) in [5.74, 6) is 0. The van der Waals surface area contributed by atoms with Gasteiger partial charge in [0.05, 0.1) is 6.04 Å². The lowest BCUT2D eigenvalue weighted by Crippen LogP contribution is -2.46. The molecule has 1 saturated heterocycles. The van der Waals surface area contributed by atoms with E-state index in [0.717, 1.165) is 19.3 Å². The quantitative estimate of drug-likeness (QED) is 0.892. The summed E-state index contributed by atoms with van der Waals surface area (Å²) in [6.07, 6.45) is 3.62. The number of carbonyl (C=O) groups is 1. The van der Waals surface area contributed by atoms with Gasteiger partial charge in [0.2, 0.25) is 5.65 Å². The number of pyridine rings is 1. The maximum absolute atomic E-state index is 11.2. The summed E-state index contributed by atoms with van der Waals surface area (Å²) in [5.41, 5.74) is 1.17. The first kappa shape index (κ1) is 12.7. The zero-order valence-corrected chi connectivity index (χ0v) is 11.0. The van der Waals surface area contributed by atoms with Gasteiger partial charge < -0.3 is 19.7 Å². The molecule has 0 bridgehead atoms. The van der Waals surface area contributed by atoms with Crippen molar-refractivity contribution in [3.63, 3.8) is 0 Å². The maximum atomic E-state index is 11.2. The molecule has 2 aromatic rings. The number of rotatable bonds is 3. The largest absolute Gasteiger partial charge is 0.465 e. The van der Waals surface area contributed by atoms with Crippen molar-refractivity contribution in [1.82, 2.24) is 14.9 Å². The van der Waals surface area contributed by atoms with Gasteiger partial charge in [-0.2, -0.15) is 4.98 Å². The molecule has 1 atom stereocenters. The minimum absolute atomic E-state index is 0.0378. The van der Waals surface area contributed by atoms with Crippen LogP contribution in [0.15, 0.2) is 22.7 Å². The van der Waals surface area contributed by atoms with E-state index in [0.29, 0.717) is 30.3 Å². The average Bonchev–Trinajstić information content (AvgIpc) is 2.88. The number of piperidine rings is 1. The Labute approximate surface area is 115 Å². The van der Waals surface area contributed by atoms with E-state index in [1.807, 2.05) is 0 Å². The van der Waals surface area contributed by atoms with Crippen molar-refractivity contribution in [1.29, 1.82) is 0 Å². The highest BCUT2D eigenvalue weighted by Crippen LogP contribution is 2.19. The van der Waals surface area contributed by atoms with Crippen molar-refractivity contribution in [3.05, 3.63) is 18.3 Å². The van der Waals surface area contributed by atoms with Crippen molar-refractivity contribution in [3.8, 4) is 0 Å². The molecule has 7 nitrogen and oxygen atoms in total. The minimum atomic E-state index is -0.865. The van der Waals surface area contributed by atoms with Crippen molar-refractivity contribution in [2.75, 3.05) is 18.4 Å². The van der Waals surface area contributed by atoms with Gasteiger partial charge in [-0.25, -0.2) is 9.78 Å². The van der Waals surface area contributed by atoms with Crippen LogP contribution < -0.4 is 5.32 Å². The van der Waals surface area contributed by atoms with Crippen LogP contribution in [0.3, 0.4) is 0 Å². The number of amides is 1. The summed E-state index contributed by atoms with van der Waals surface area (Å²) < 4.78 is 5.50. The zero-order valence-electron chi connectivity index (χ0n) is 11.0. The Kier molecular flexibility index (Phi) is 3.41. The van der Waals surface area contributed by atoms with Crippen LogP contribution in [-0.2, 0) is 0 Å². The molecule has 1 amide bonds. The van der Waals surface area contributed by atoms with E-state index in [-0.39, 0.29) is 6.04 Å². The third kappa shape index (κ3) is 2.52. The summed E-state index contributed by atoms with van der Waals surface area (Å²) in [7, 11) is 0. The Morgan fingerprint density at radius 3 is 3.25 bits per heavy atom. The Hall–Kier alpha value is -2.31. The number of nitrogens with zero attached hydrogens (tertiary/aromatic N) is 3. The number of hydrogen-bond donors (Lipinski definition) is 2. The van der Waals surface area contributed by atoms with Gasteiger partial charge in [0, 0.05) is 19.3 Å². The second kappa shape index (κ2) is 5.36. The first-order chi connectivity index (χ1) is 9.74. The van der Waals surface area contributed by atoms with Crippen LogP contribution in [-0.4, -0.2) is 45.2 Å². The fraction of sp³-hybridized carbons (Fsp3) is 0.462. The Morgan fingerprint density at radius 1 is 1.55 bits per heavy atom. The second-order valence-electron chi connectivity index (χ2n) is 4.85. The normalized spacial score (nSPS) is 19.2. The molecular weight excluding hydrogens is 260 g/mol. The monoisotopic (exact) mass is 276 g/mol. The number of nitrogens with one attached hydrogen (secondary N) is 1. The highest BCUT2D eigenvalue weighted by atomic mass is 16.4. The molecule has 1 aliphatic rings. The summed E-state index contributed by atoms with van der Waals surface area (Å²) >= 11 is 0. The molecule has 0 unspecified atom stereocenters. The number of hydrogen-bond acceptors (Lipinski definition) is 5. The standard InChI is InChI=1S/C13H16N4O3/c18-13(19)17-7-2-1-4-9(17)8-15-12-16-11-10(20-12)5-3-6-14-11/h3,5-6,9H,1-2,4,7-8H2,(H,18,19)(H,14,15,16)/t9-/m0/s1. The van der Waals surface area contributed by atoms with Crippen LogP contribution in [0.2, 0.25) is 0 Å². The fourth-order valence-corrected chi connectivity index (χ4v) is 2.51. The molecule has 2 N–H and O–H groups in total. The van der Waals surface area contributed by atoms with E-state index in [2.05, 4.69) is 15.3 Å². The lowest BCUT2D eigenvalue weighted by atomic mass is 10.0. The molecule has 0 aliphatic carbocycles. The van der Waals surface area contributed by atoms with E-state index >= 15 is 0 Å². The van der Waals surface area contributed by atoms with Crippen LogP contribution in [0.25, 0.3) is 11.2 Å². The summed E-state index contributed by atoms with van der Waals surface area (Å²) in [5, 5.41) is 12.2. The number of likely N-dealkylation sites (tertiary alicyclic amines) is 1. The number of carboxylic acid groups (broad SMARTS) is 1. The molecule has 0 saturated carbocycles.